The number of nitrogens with one attached hydrogen (secondary N) is 1. The standard InChI is InChI=1S/C19H22ClN3/c1-14(19(21)13-8-16-6-4-3-5-7-16)15(2)22-23-18-11-9-17(20)10-12-18/h3-7,9-12,23H,8,13,21H2,1-2H3. The van der Waals surface area contributed by atoms with Crippen LogP contribution in [0.1, 0.15) is 25.8 Å². The van der Waals surface area contributed by atoms with E-state index >= 15 is 0 Å². The molecule has 2 aromatic rings. The van der Waals surface area contributed by atoms with Crippen molar-refractivity contribution >= 4 is 23.0 Å². The summed E-state index contributed by atoms with van der Waals surface area (Å²) in [7, 11) is 0. The predicted molar refractivity (Wildman–Crippen MR) is 99.8 cm³/mol. The van der Waals surface area contributed by atoms with E-state index in [9.17, 15) is 0 Å². The van der Waals surface area contributed by atoms with Gasteiger partial charge >= 0.3 is 0 Å². The average molecular weight is 328 g/mol. The molecule has 0 unspecified atom stereocenters. The fourth-order valence-corrected chi connectivity index (χ4v) is 2.23. The highest BCUT2D eigenvalue weighted by atomic mass is 35.5. The molecule has 120 valence electrons. The van der Waals surface area contributed by atoms with Crippen LogP contribution >= 0.6 is 11.6 Å². The van der Waals surface area contributed by atoms with Crippen molar-refractivity contribution in [3.8, 4) is 0 Å². The van der Waals surface area contributed by atoms with Crippen molar-refractivity contribution in [2.75, 3.05) is 5.43 Å². The zero-order valence-corrected chi connectivity index (χ0v) is 14.3. The smallest absolute Gasteiger partial charge is 0.0622 e. The molecule has 0 radical (unpaired) electrons. The summed E-state index contributed by atoms with van der Waals surface area (Å²) in [6.07, 6.45) is 1.76. The maximum Gasteiger partial charge on any atom is 0.0622 e. The van der Waals surface area contributed by atoms with Crippen LogP contribution in [-0.2, 0) is 6.42 Å². The van der Waals surface area contributed by atoms with Gasteiger partial charge in [-0.05, 0) is 62.1 Å². The molecule has 3 nitrogen and oxygen atoms in total. The highest BCUT2D eigenvalue weighted by Gasteiger charge is 2.03. The molecule has 0 saturated heterocycles. The molecule has 0 aromatic heterocycles. The minimum absolute atomic E-state index is 0.706. The molecule has 0 fully saturated rings. The molecule has 2 rings (SSSR count). The fourth-order valence-electron chi connectivity index (χ4n) is 2.10. The van der Waals surface area contributed by atoms with E-state index in [0.29, 0.717) is 5.02 Å². The van der Waals surface area contributed by atoms with Gasteiger partial charge in [-0.2, -0.15) is 5.10 Å². The van der Waals surface area contributed by atoms with E-state index in [0.717, 1.165) is 35.5 Å². The minimum Gasteiger partial charge on any atom is -0.402 e. The number of allylic oxidation sites excluding steroid dienone is 2. The first kappa shape index (κ1) is 17.1. The van der Waals surface area contributed by atoms with Crippen LogP contribution in [0.2, 0.25) is 5.02 Å². The molecule has 0 aliphatic heterocycles. The number of nitrogens with two attached hydrogens (primary N) is 1. The monoisotopic (exact) mass is 327 g/mol. The molecule has 0 saturated carbocycles. The number of hydrogen-bond donors (Lipinski definition) is 2. The summed E-state index contributed by atoms with van der Waals surface area (Å²) in [5, 5.41) is 5.09. The number of hydrazone groups is 1. The van der Waals surface area contributed by atoms with E-state index in [2.05, 4.69) is 22.7 Å². The van der Waals surface area contributed by atoms with Gasteiger partial charge in [0.25, 0.3) is 0 Å². The number of nitrogens with zero attached hydrogens (tertiary/aromatic N) is 1. The number of hydrogen-bond acceptors (Lipinski definition) is 3. The first-order chi connectivity index (χ1) is 11.1. The Labute approximate surface area is 142 Å². The number of rotatable bonds is 6. The molecule has 0 atom stereocenters. The third-order valence-electron chi connectivity index (χ3n) is 3.75. The van der Waals surface area contributed by atoms with E-state index in [1.807, 2.05) is 56.3 Å². The molecule has 23 heavy (non-hydrogen) atoms. The Hall–Kier alpha value is -2.26. The summed E-state index contributed by atoms with van der Waals surface area (Å²) in [4.78, 5) is 0. The van der Waals surface area contributed by atoms with Gasteiger partial charge in [0.05, 0.1) is 11.4 Å². The second-order valence-corrected chi connectivity index (χ2v) is 5.89. The summed E-state index contributed by atoms with van der Waals surface area (Å²) < 4.78 is 0. The quantitative estimate of drug-likeness (QED) is 0.580. The normalized spacial score (nSPS) is 12.7. The molecule has 0 spiro atoms. The molecule has 0 aliphatic carbocycles. The third-order valence-corrected chi connectivity index (χ3v) is 4.00. The van der Waals surface area contributed by atoms with Crippen molar-refractivity contribution in [3.05, 3.63) is 76.5 Å². The number of anilines is 1. The van der Waals surface area contributed by atoms with E-state index in [1.54, 1.807) is 0 Å². The lowest BCUT2D eigenvalue weighted by Gasteiger charge is -2.09. The Morgan fingerprint density at radius 1 is 1.04 bits per heavy atom. The van der Waals surface area contributed by atoms with Gasteiger partial charge in [0.1, 0.15) is 0 Å². The second kappa shape index (κ2) is 8.39. The minimum atomic E-state index is 0.706. The van der Waals surface area contributed by atoms with Crippen molar-refractivity contribution in [2.45, 2.75) is 26.7 Å². The molecule has 0 bridgehead atoms. The lowest BCUT2D eigenvalue weighted by molar-refractivity contribution is 0.916. The lowest BCUT2D eigenvalue weighted by atomic mass is 10.0. The summed E-state index contributed by atoms with van der Waals surface area (Å²) in [5.41, 5.74) is 14.2. The summed E-state index contributed by atoms with van der Waals surface area (Å²) >= 11 is 5.86. The summed E-state index contributed by atoms with van der Waals surface area (Å²) in [5.74, 6) is 0. The van der Waals surface area contributed by atoms with E-state index < -0.39 is 0 Å². The fraction of sp³-hybridized carbons (Fsp3) is 0.211. The van der Waals surface area contributed by atoms with Crippen LogP contribution in [0.25, 0.3) is 0 Å². The van der Waals surface area contributed by atoms with Crippen LogP contribution in [-0.4, -0.2) is 5.71 Å². The lowest BCUT2D eigenvalue weighted by Crippen LogP contribution is -2.09. The molecular formula is C19H22ClN3. The van der Waals surface area contributed by atoms with Crippen molar-refractivity contribution in [1.82, 2.24) is 0 Å². The van der Waals surface area contributed by atoms with E-state index in [1.165, 1.54) is 5.56 Å². The van der Waals surface area contributed by atoms with Crippen molar-refractivity contribution in [3.63, 3.8) is 0 Å². The number of benzene rings is 2. The van der Waals surface area contributed by atoms with Gasteiger partial charge in [-0.3, -0.25) is 5.43 Å². The predicted octanol–water partition coefficient (Wildman–Crippen LogP) is 4.99. The zero-order valence-electron chi connectivity index (χ0n) is 13.5. The molecular weight excluding hydrogens is 306 g/mol. The Kier molecular flexibility index (Phi) is 6.24. The van der Waals surface area contributed by atoms with Gasteiger partial charge in [-0.1, -0.05) is 41.9 Å². The Morgan fingerprint density at radius 2 is 1.70 bits per heavy atom. The van der Waals surface area contributed by atoms with E-state index in [-0.39, 0.29) is 0 Å². The van der Waals surface area contributed by atoms with Crippen LogP contribution in [0.4, 0.5) is 5.69 Å². The Bertz CT molecular complexity index is 688. The van der Waals surface area contributed by atoms with Crippen LogP contribution in [0.3, 0.4) is 0 Å². The molecule has 0 amide bonds. The molecule has 0 heterocycles. The van der Waals surface area contributed by atoms with Gasteiger partial charge in [0.2, 0.25) is 0 Å². The number of halogens is 1. The first-order valence-electron chi connectivity index (χ1n) is 7.61. The molecule has 4 heteroatoms. The second-order valence-electron chi connectivity index (χ2n) is 5.45. The maximum absolute atomic E-state index is 6.21. The van der Waals surface area contributed by atoms with E-state index in [4.69, 9.17) is 17.3 Å². The molecule has 0 aliphatic rings. The van der Waals surface area contributed by atoms with Gasteiger partial charge in [-0.15, -0.1) is 0 Å². The van der Waals surface area contributed by atoms with Crippen LogP contribution in [0.15, 0.2) is 71.0 Å². The van der Waals surface area contributed by atoms with Crippen LogP contribution in [0, 0.1) is 0 Å². The first-order valence-corrected chi connectivity index (χ1v) is 7.99. The molecule has 2 aromatic carbocycles. The van der Waals surface area contributed by atoms with Gasteiger partial charge in [0, 0.05) is 10.7 Å². The van der Waals surface area contributed by atoms with Crippen LogP contribution < -0.4 is 11.2 Å². The third kappa shape index (κ3) is 5.46. The largest absolute Gasteiger partial charge is 0.402 e. The average Bonchev–Trinajstić information content (AvgIpc) is 2.59. The summed E-state index contributed by atoms with van der Waals surface area (Å²) in [6.45, 7) is 3.95. The van der Waals surface area contributed by atoms with Crippen molar-refractivity contribution in [2.24, 2.45) is 10.8 Å². The molecule has 3 N–H and O–H groups in total. The summed E-state index contributed by atoms with van der Waals surface area (Å²) in [6, 6.07) is 17.8. The Morgan fingerprint density at radius 3 is 2.35 bits per heavy atom. The number of aryl methyl sites for hydroxylation is 1. The highest BCUT2D eigenvalue weighted by Crippen LogP contribution is 2.14. The SMILES string of the molecule is CC(=NNc1ccc(Cl)cc1)C(C)=C(N)CCc1ccccc1. The van der Waals surface area contributed by atoms with Crippen molar-refractivity contribution < 1.29 is 0 Å². The Balaban J connectivity index is 1.97. The maximum atomic E-state index is 6.21. The van der Waals surface area contributed by atoms with Gasteiger partial charge < -0.3 is 5.73 Å². The van der Waals surface area contributed by atoms with Crippen molar-refractivity contribution in [1.29, 1.82) is 0 Å². The highest BCUT2D eigenvalue weighted by molar-refractivity contribution is 6.30. The van der Waals surface area contributed by atoms with Gasteiger partial charge in [0.15, 0.2) is 0 Å². The topological polar surface area (TPSA) is 50.4 Å². The van der Waals surface area contributed by atoms with Gasteiger partial charge in [-0.25, -0.2) is 0 Å². The zero-order chi connectivity index (χ0) is 16.7. The van der Waals surface area contributed by atoms with Crippen LogP contribution in [0.5, 0.6) is 0 Å².